The van der Waals surface area contributed by atoms with Gasteiger partial charge in [-0.05, 0) is 52.6 Å². The predicted molar refractivity (Wildman–Crippen MR) is 74.2 cm³/mol. The van der Waals surface area contributed by atoms with Crippen LogP contribution < -0.4 is 11.1 Å². The van der Waals surface area contributed by atoms with E-state index in [9.17, 15) is 0 Å². The van der Waals surface area contributed by atoms with Gasteiger partial charge in [0.15, 0.2) is 5.96 Å². The monoisotopic (exact) mass is 240 g/mol. The summed E-state index contributed by atoms with van der Waals surface area (Å²) in [5.74, 6) is 1.45. The van der Waals surface area contributed by atoms with Gasteiger partial charge in [0.25, 0.3) is 0 Å². The summed E-state index contributed by atoms with van der Waals surface area (Å²) in [6.07, 6.45) is 2.63. The van der Waals surface area contributed by atoms with Gasteiger partial charge in [0, 0.05) is 12.1 Å². The van der Waals surface area contributed by atoms with Crippen LogP contribution in [0.3, 0.4) is 0 Å². The Labute approximate surface area is 106 Å². The van der Waals surface area contributed by atoms with Gasteiger partial charge in [-0.1, -0.05) is 6.92 Å². The second-order valence-corrected chi connectivity index (χ2v) is 5.59. The molecule has 3 N–H and O–H groups in total. The fraction of sp³-hybridized carbons (Fsp3) is 0.923. The number of aliphatic imine (C=N–C) groups is 1. The van der Waals surface area contributed by atoms with Crippen LogP contribution in [0.25, 0.3) is 0 Å². The maximum Gasteiger partial charge on any atom is 0.188 e. The molecule has 0 aliphatic carbocycles. The van der Waals surface area contributed by atoms with E-state index in [1.165, 1.54) is 25.9 Å². The average Bonchev–Trinajstić information content (AvgIpc) is 2.26. The van der Waals surface area contributed by atoms with Crippen molar-refractivity contribution in [3.8, 4) is 0 Å². The van der Waals surface area contributed by atoms with Crippen molar-refractivity contribution in [1.29, 1.82) is 0 Å². The van der Waals surface area contributed by atoms with E-state index in [4.69, 9.17) is 5.73 Å². The van der Waals surface area contributed by atoms with Crippen molar-refractivity contribution in [2.45, 2.75) is 52.6 Å². The minimum absolute atomic E-state index is 0.352. The van der Waals surface area contributed by atoms with Gasteiger partial charge < -0.3 is 11.1 Å². The van der Waals surface area contributed by atoms with Gasteiger partial charge in [-0.2, -0.15) is 0 Å². The number of nitrogens with two attached hydrogens (primary N) is 1. The van der Waals surface area contributed by atoms with Crippen molar-refractivity contribution >= 4 is 5.96 Å². The first-order valence-corrected chi connectivity index (χ1v) is 6.79. The first-order chi connectivity index (χ1) is 7.99. The van der Waals surface area contributed by atoms with Gasteiger partial charge in [0.05, 0.1) is 6.54 Å². The fourth-order valence-corrected chi connectivity index (χ4v) is 2.16. The third-order valence-electron chi connectivity index (χ3n) is 3.40. The molecule has 1 rings (SSSR count). The molecule has 1 unspecified atom stereocenters. The van der Waals surface area contributed by atoms with Crippen LogP contribution in [0, 0.1) is 5.92 Å². The molecule has 1 aliphatic rings. The van der Waals surface area contributed by atoms with E-state index in [0.29, 0.717) is 18.0 Å². The fourth-order valence-electron chi connectivity index (χ4n) is 2.16. The molecule has 0 bridgehead atoms. The molecule has 4 nitrogen and oxygen atoms in total. The number of guanidine groups is 1. The summed E-state index contributed by atoms with van der Waals surface area (Å²) in [6.45, 7) is 11.9. The number of piperidine rings is 1. The second kappa shape index (κ2) is 6.84. The highest BCUT2D eigenvalue weighted by Gasteiger charge is 2.19. The van der Waals surface area contributed by atoms with E-state index >= 15 is 0 Å². The highest BCUT2D eigenvalue weighted by Crippen LogP contribution is 2.17. The molecule has 17 heavy (non-hydrogen) atoms. The summed E-state index contributed by atoms with van der Waals surface area (Å²) in [5, 5.41) is 3.12. The number of likely N-dealkylation sites (tertiary alicyclic amines) is 1. The molecule has 0 aromatic carbocycles. The Kier molecular flexibility index (Phi) is 5.75. The highest BCUT2D eigenvalue weighted by molar-refractivity contribution is 5.78. The minimum Gasteiger partial charge on any atom is -0.370 e. The molecular formula is C13H28N4. The van der Waals surface area contributed by atoms with E-state index in [1.807, 2.05) is 0 Å². The quantitative estimate of drug-likeness (QED) is 0.577. The molecule has 1 heterocycles. The summed E-state index contributed by atoms with van der Waals surface area (Å²) in [4.78, 5) is 6.92. The van der Waals surface area contributed by atoms with E-state index in [2.05, 4.69) is 42.9 Å². The normalized spacial score (nSPS) is 21.8. The van der Waals surface area contributed by atoms with Crippen LogP contribution >= 0.6 is 0 Å². The van der Waals surface area contributed by atoms with Crippen molar-refractivity contribution in [3.05, 3.63) is 0 Å². The summed E-state index contributed by atoms with van der Waals surface area (Å²) >= 11 is 0. The van der Waals surface area contributed by atoms with Gasteiger partial charge in [0.1, 0.15) is 0 Å². The lowest BCUT2D eigenvalue weighted by Crippen LogP contribution is -2.42. The molecule has 0 aromatic rings. The van der Waals surface area contributed by atoms with Crippen molar-refractivity contribution in [2.75, 3.05) is 19.6 Å². The molecule has 0 saturated carbocycles. The lowest BCUT2D eigenvalue weighted by molar-refractivity contribution is 0.150. The molecule has 0 radical (unpaired) electrons. The smallest absolute Gasteiger partial charge is 0.188 e. The molecular weight excluding hydrogens is 212 g/mol. The van der Waals surface area contributed by atoms with Crippen LogP contribution in [0.4, 0.5) is 0 Å². The lowest BCUT2D eigenvalue weighted by Gasteiger charge is -2.34. The standard InChI is InChI=1S/C13H28N4/c1-10(2)16-13(14)15-9-12(4)17-7-5-11(3)6-8-17/h10-12H,5-9H2,1-4H3,(H3,14,15,16). The maximum atomic E-state index is 5.79. The molecule has 0 amide bonds. The van der Waals surface area contributed by atoms with Crippen LogP contribution in [0.1, 0.15) is 40.5 Å². The van der Waals surface area contributed by atoms with Gasteiger partial charge >= 0.3 is 0 Å². The first kappa shape index (κ1) is 14.3. The second-order valence-electron chi connectivity index (χ2n) is 5.59. The Morgan fingerprint density at radius 3 is 2.47 bits per heavy atom. The zero-order valence-electron chi connectivity index (χ0n) is 11.7. The van der Waals surface area contributed by atoms with E-state index in [0.717, 1.165) is 12.5 Å². The van der Waals surface area contributed by atoms with Gasteiger partial charge in [-0.25, -0.2) is 0 Å². The topological polar surface area (TPSA) is 53.6 Å². The highest BCUT2D eigenvalue weighted by atomic mass is 15.2. The molecule has 1 saturated heterocycles. The summed E-state index contributed by atoms with van der Waals surface area (Å²) in [6, 6.07) is 0.847. The Morgan fingerprint density at radius 2 is 1.94 bits per heavy atom. The van der Waals surface area contributed by atoms with Crippen LogP contribution in [0.15, 0.2) is 4.99 Å². The largest absolute Gasteiger partial charge is 0.370 e. The van der Waals surface area contributed by atoms with E-state index < -0.39 is 0 Å². The van der Waals surface area contributed by atoms with Crippen molar-refractivity contribution in [1.82, 2.24) is 10.2 Å². The number of rotatable bonds is 4. The third kappa shape index (κ3) is 5.39. The van der Waals surface area contributed by atoms with E-state index in [1.54, 1.807) is 0 Å². The van der Waals surface area contributed by atoms with Crippen LogP contribution in [-0.4, -0.2) is 42.6 Å². The van der Waals surface area contributed by atoms with E-state index in [-0.39, 0.29) is 0 Å². The number of nitrogens with one attached hydrogen (secondary N) is 1. The molecule has 1 atom stereocenters. The zero-order valence-corrected chi connectivity index (χ0v) is 11.7. The minimum atomic E-state index is 0.352. The predicted octanol–water partition coefficient (Wildman–Crippen LogP) is 1.42. The third-order valence-corrected chi connectivity index (χ3v) is 3.40. The first-order valence-electron chi connectivity index (χ1n) is 6.79. The van der Waals surface area contributed by atoms with Gasteiger partial charge in [0.2, 0.25) is 0 Å². The number of nitrogens with zero attached hydrogens (tertiary/aromatic N) is 2. The van der Waals surface area contributed by atoms with Gasteiger partial charge in [-0.15, -0.1) is 0 Å². The van der Waals surface area contributed by atoms with Crippen molar-refractivity contribution in [2.24, 2.45) is 16.6 Å². The number of hydrogen-bond acceptors (Lipinski definition) is 2. The Hall–Kier alpha value is -0.770. The summed E-state index contributed by atoms with van der Waals surface area (Å²) in [5.41, 5.74) is 5.79. The van der Waals surface area contributed by atoms with Crippen molar-refractivity contribution < 1.29 is 0 Å². The molecule has 0 aromatic heterocycles. The van der Waals surface area contributed by atoms with Crippen LogP contribution in [0.5, 0.6) is 0 Å². The molecule has 1 fully saturated rings. The van der Waals surface area contributed by atoms with Crippen LogP contribution in [-0.2, 0) is 0 Å². The Morgan fingerprint density at radius 1 is 1.35 bits per heavy atom. The van der Waals surface area contributed by atoms with Crippen molar-refractivity contribution in [3.63, 3.8) is 0 Å². The maximum absolute atomic E-state index is 5.79. The molecule has 1 aliphatic heterocycles. The SMILES string of the molecule is CC1CCN(C(C)CN=C(N)NC(C)C)CC1. The molecule has 4 heteroatoms. The number of hydrogen-bond donors (Lipinski definition) is 2. The Balaban J connectivity index is 2.31. The molecule has 0 spiro atoms. The van der Waals surface area contributed by atoms with Gasteiger partial charge in [-0.3, -0.25) is 9.89 Å². The zero-order chi connectivity index (χ0) is 12.8. The molecule has 100 valence electrons. The summed E-state index contributed by atoms with van der Waals surface area (Å²) in [7, 11) is 0. The summed E-state index contributed by atoms with van der Waals surface area (Å²) < 4.78 is 0. The lowest BCUT2D eigenvalue weighted by atomic mass is 9.98. The Bertz CT molecular complexity index is 242. The van der Waals surface area contributed by atoms with Crippen LogP contribution in [0.2, 0.25) is 0 Å². The average molecular weight is 240 g/mol.